The van der Waals surface area contributed by atoms with E-state index in [0.29, 0.717) is 35.4 Å². The van der Waals surface area contributed by atoms with Gasteiger partial charge in [-0.3, -0.25) is 4.90 Å². The van der Waals surface area contributed by atoms with E-state index in [4.69, 9.17) is 4.74 Å². The molecular weight excluding hydrogens is 654 g/mol. The lowest BCUT2D eigenvalue weighted by atomic mass is 9.75. The van der Waals surface area contributed by atoms with Crippen molar-refractivity contribution in [1.29, 1.82) is 0 Å². The Bertz CT molecular complexity index is 1900. The van der Waals surface area contributed by atoms with Gasteiger partial charge in [0.25, 0.3) is 0 Å². The molecule has 1 aliphatic heterocycles. The summed E-state index contributed by atoms with van der Waals surface area (Å²) in [5.74, 6) is 6.10. The summed E-state index contributed by atoms with van der Waals surface area (Å²) in [5, 5.41) is 6.98. The highest BCUT2D eigenvalue weighted by Crippen LogP contribution is 2.41. The molecule has 256 valence electrons. The fourth-order valence-corrected chi connectivity index (χ4v) is 8.23. The van der Waals surface area contributed by atoms with Gasteiger partial charge in [-0.05, 0) is 68.4 Å². The molecule has 1 saturated carbocycles. The zero-order valence-electron chi connectivity index (χ0n) is 26.9. The first-order valence-corrected chi connectivity index (χ1v) is 19.4. The number of nitrogens with one attached hydrogen (secondary N) is 2. The minimum Gasteiger partial charge on any atom is -0.495 e. The van der Waals surface area contributed by atoms with Crippen LogP contribution in [0.25, 0.3) is 10.9 Å². The van der Waals surface area contributed by atoms with Gasteiger partial charge in [0, 0.05) is 54.3 Å². The van der Waals surface area contributed by atoms with Crippen LogP contribution < -0.4 is 15.4 Å². The van der Waals surface area contributed by atoms with Gasteiger partial charge in [0.15, 0.2) is 19.7 Å². The number of likely N-dealkylation sites (tertiary alicyclic amines) is 1. The number of halogens is 3. The molecule has 0 amide bonds. The number of methoxy groups -OCH3 is 1. The second-order valence-electron chi connectivity index (χ2n) is 12.6. The molecule has 0 unspecified atom stereocenters. The maximum absolute atomic E-state index is 13.7. The van der Waals surface area contributed by atoms with Crippen LogP contribution in [0.4, 0.5) is 24.5 Å². The second kappa shape index (κ2) is 13.2. The van der Waals surface area contributed by atoms with Crippen molar-refractivity contribution in [2.45, 2.75) is 73.5 Å². The second-order valence-corrected chi connectivity index (χ2v) is 17.0. The zero-order valence-corrected chi connectivity index (χ0v) is 28.6. The monoisotopic (exact) mass is 694 g/mol. The molecule has 0 radical (unpaired) electrons. The Morgan fingerprint density at radius 1 is 1.02 bits per heavy atom. The first kappa shape index (κ1) is 34.9. The Labute approximate surface area is 274 Å². The summed E-state index contributed by atoms with van der Waals surface area (Å²) in [5.41, 5.74) is 1.86. The van der Waals surface area contributed by atoms with E-state index in [0.717, 1.165) is 44.0 Å². The van der Waals surface area contributed by atoms with Crippen molar-refractivity contribution in [3.8, 4) is 17.6 Å². The highest BCUT2D eigenvalue weighted by Gasteiger charge is 2.47. The smallest absolute Gasteiger partial charge is 0.406 e. The van der Waals surface area contributed by atoms with E-state index >= 15 is 0 Å². The van der Waals surface area contributed by atoms with Crippen molar-refractivity contribution in [3.05, 3.63) is 48.2 Å². The maximum atomic E-state index is 13.7. The number of benzene rings is 2. The summed E-state index contributed by atoms with van der Waals surface area (Å²) in [4.78, 5) is 2.41. The van der Waals surface area contributed by atoms with E-state index in [1.54, 1.807) is 24.3 Å². The summed E-state index contributed by atoms with van der Waals surface area (Å²) in [6.07, 6.45) is 2.41. The van der Waals surface area contributed by atoms with Gasteiger partial charge in [-0.15, -0.1) is 0 Å². The molecule has 9 nitrogen and oxygen atoms in total. The summed E-state index contributed by atoms with van der Waals surface area (Å²) >= 11 is 0. The molecule has 14 heteroatoms. The Hall–Kier alpha value is -3.41. The van der Waals surface area contributed by atoms with Gasteiger partial charge in [-0.1, -0.05) is 18.9 Å². The molecule has 2 heterocycles. The van der Waals surface area contributed by atoms with E-state index in [2.05, 4.69) is 34.3 Å². The average molecular weight is 695 g/mol. The highest BCUT2D eigenvalue weighted by atomic mass is 32.2. The lowest BCUT2D eigenvalue weighted by Gasteiger charge is -2.54. The lowest BCUT2D eigenvalue weighted by Crippen LogP contribution is -2.65. The third-order valence-electron chi connectivity index (χ3n) is 9.53. The van der Waals surface area contributed by atoms with Crippen molar-refractivity contribution in [2.75, 3.05) is 49.9 Å². The number of hydrogen-bond acceptors (Lipinski definition) is 8. The Kier molecular flexibility index (Phi) is 9.84. The van der Waals surface area contributed by atoms with E-state index < -0.39 is 32.4 Å². The number of anilines is 2. The third-order valence-corrected chi connectivity index (χ3v) is 12.1. The van der Waals surface area contributed by atoms with Gasteiger partial charge in [0.05, 0.1) is 40.7 Å². The highest BCUT2D eigenvalue weighted by molar-refractivity contribution is 7.91. The van der Waals surface area contributed by atoms with E-state index in [-0.39, 0.29) is 34.0 Å². The van der Waals surface area contributed by atoms with Gasteiger partial charge in [0.1, 0.15) is 12.3 Å². The van der Waals surface area contributed by atoms with Crippen LogP contribution in [0.1, 0.15) is 44.7 Å². The number of ether oxygens (including phenoxy) is 1. The molecule has 3 aromatic rings. The number of aromatic nitrogens is 1. The van der Waals surface area contributed by atoms with Crippen LogP contribution in [0.3, 0.4) is 0 Å². The van der Waals surface area contributed by atoms with Gasteiger partial charge < -0.3 is 19.9 Å². The minimum absolute atomic E-state index is 0.0298. The molecule has 0 bridgehead atoms. The molecule has 1 aliphatic carbocycles. The third kappa shape index (κ3) is 7.84. The Morgan fingerprint density at radius 3 is 2.32 bits per heavy atom. The molecule has 47 heavy (non-hydrogen) atoms. The molecule has 0 spiro atoms. The first-order valence-electron chi connectivity index (χ1n) is 15.5. The topological polar surface area (TPSA) is 110 Å². The molecule has 1 aromatic heterocycles. The van der Waals surface area contributed by atoms with E-state index in [9.17, 15) is 30.0 Å². The van der Waals surface area contributed by atoms with Gasteiger partial charge in [-0.25, -0.2) is 16.8 Å². The van der Waals surface area contributed by atoms with Crippen LogP contribution >= 0.6 is 0 Å². The number of sulfone groups is 2. The fraction of sp³-hybridized carbons (Fsp3) is 0.515. The number of rotatable bonds is 10. The Morgan fingerprint density at radius 2 is 1.72 bits per heavy atom. The predicted molar refractivity (Wildman–Crippen MR) is 179 cm³/mol. The number of alkyl halides is 3. The standard InChI is InChI=1S/C33H41F3N4O5S2/c1-5-32(39-20-26(21-39)47(4,43)44)15-13-23(14-16-32)38-28-9-6-10-30-27(28)18-24(40(30)22-33(34,35)36)8-7-17-37-29-12-11-25(46(3,41)42)19-31(29)45-2/h6,9-12,18-19,23,26,37-38H,5,13-17,20-22H2,1-4H3/t23-,32-. The van der Waals surface area contributed by atoms with Crippen LogP contribution in [0.5, 0.6) is 5.75 Å². The van der Waals surface area contributed by atoms with E-state index in [1.807, 2.05) is 6.07 Å². The lowest BCUT2D eigenvalue weighted by molar-refractivity contribution is -0.140. The normalized spacial score (nSPS) is 21.1. The number of hydrogen-bond donors (Lipinski definition) is 2. The number of fused-ring (bicyclic) bond motifs is 1. The molecule has 0 atom stereocenters. The maximum Gasteiger partial charge on any atom is 0.406 e. The van der Waals surface area contributed by atoms with Gasteiger partial charge in [-0.2, -0.15) is 13.2 Å². The summed E-state index contributed by atoms with van der Waals surface area (Å²) in [6.45, 7) is 2.18. The molecule has 2 aliphatic rings. The quantitative estimate of drug-likeness (QED) is 0.275. The molecule has 1 saturated heterocycles. The van der Waals surface area contributed by atoms with Crippen molar-refractivity contribution in [3.63, 3.8) is 0 Å². The van der Waals surface area contributed by atoms with Crippen LogP contribution in [-0.4, -0.2) is 88.6 Å². The molecule has 2 N–H and O–H groups in total. The van der Waals surface area contributed by atoms with Crippen LogP contribution in [0, 0.1) is 11.8 Å². The fourth-order valence-electron chi connectivity index (χ4n) is 6.69. The van der Waals surface area contributed by atoms with Crippen LogP contribution in [0.2, 0.25) is 0 Å². The number of nitrogens with zero attached hydrogens (tertiary/aromatic N) is 2. The Balaban J connectivity index is 1.32. The summed E-state index contributed by atoms with van der Waals surface area (Å²) < 4.78 is 95.3. The SMILES string of the molecule is CC[C@]1(N2CC(S(C)(=O)=O)C2)CC[C@H](Nc2cccc3c2cc(C#CCNc2ccc(S(C)(=O)=O)cc2OC)n3CC(F)(F)F)CC1. The molecule has 5 rings (SSSR count). The first-order chi connectivity index (χ1) is 22.0. The van der Waals surface area contributed by atoms with Crippen molar-refractivity contribution >= 4 is 42.0 Å². The zero-order chi connectivity index (χ0) is 34.2. The summed E-state index contributed by atoms with van der Waals surface area (Å²) in [7, 11) is -5.07. The van der Waals surface area contributed by atoms with Crippen molar-refractivity contribution < 1.29 is 34.7 Å². The van der Waals surface area contributed by atoms with Crippen molar-refractivity contribution in [1.82, 2.24) is 9.47 Å². The molecular formula is C33H41F3N4O5S2. The van der Waals surface area contributed by atoms with Gasteiger partial charge >= 0.3 is 6.18 Å². The minimum atomic E-state index is -4.46. The molecule has 2 fully saturated rings. The van der Waals surface area contributed by atoms with E-state index in [1.165, 1.54) is 30.1 Å². The largest absolute Gasteiger partial charge is 0.495 e. The molecule has 2 aromatic carbocycles. The van der Waals surface area contributed by atoms with Gasteiger partial charge in [0.2, 0.25) is 0 Å². The van der Waals surface area contributed by atoms with Crippen molar-refractivity contribution in [2.24, 2.45) is 0 Å². The average Bonchev–Trinajstić information content (AvgIpc) is 3.30. The van der Waals surface area contributed by atoms with Crippen LogP contribution in [-0.2, 0) is 26.2 Å². The summed E-state index contributed by atoms with van der Waals surface area (Å²) in [6, 6.07) is 11.5. The van der Waals surface area contributed by atoms with Crippen LogP contribution in [0.15, 0.2) is 47.4 Å². The predicted octanol–water partition coefficient (Wildman–Crippen LogP) is 5.31.